The van der Waals surface area contributed by atoms with E-state index in [9.17, 15) is 0 Å². The van der Waals surface area contributed by atoms with Crippen molar-refractivity contribution in [2.75, 3.05) is 0 Å². The van der Waals surface area contributed by atoms with Crippen LogP contribution < -0.4 is 0 Å². The van der Waals surface area contributed by atoms with Crippen molar-refractivity contribution in [2.45, 2.75) is 52.4 Å². The van der Waals surface area contributed by atoms with Crippen LogP contribution in [-0.2, 0) is 0 Å². The molecule has 0 aliphatic heterocycles. The highest BCUT2D eigenvalue weighted by atomic mass is 14.3. The van der Waals surface area contributed by atoms with Crippen LogP contribution in [0.4, 0.5) is 0 Å². The fraction of sp³-hybridized carbons (Fsp3) is 0.769. The molecule has 0 amide bonds. The topological polar surface area (TPSA) is 23.8 Å². The summed E-state index contributed by atoms with van der Waals surface area (Å²) in [6.07, 6.45) is 9.66. The number of nitrogens with zero attached hydrogens (tertiary/aromatic N) is 1. The van der Waals surface area contributed by atoms with Crippen LogP contribution in [-0.4, -0.2) is 0 Å². The van der Waals surface area contributed by atoms with Crippen LogP contribution >= 0.6 is 0 Å². The van der Waals surface area contributed by atoms with E-state index < -0.39 is 0 Å². The SMILES string of the molecule is CC(C)=CCCC1CCCCC1C#N. The van der Waals surface area contributed by atoms with Crippen LogP contribution in [0.1, 0.15) is 52.4 Å². The van der Waals surface area contributed by atoms with Crippen LogP contribution in [0, 0.1) is 23.2 Å². The number of nitriles is 1. The Kier molecular flexibility index (Phi) is 4.73. The normalized spacial score (nSPS) is 26.6. The van der Waals surface area contributed by atoms with E-state index in [1.54, 1.807) is 0 Å². The van der Waals surface area contributed by atoms with E-state index in [0.717, 1.165) is 12.8 Å². The van der Waals surface area contributed by atoms with Crippen LogP contribution in [0.3, 0.4) is 0 Å². The molecule has 0 aromatic carbocycles. The second-order valence-corrected chi connectivity index (χ2v) is 4.64. The van der Waals surface area contributed by atoms with E-state index in [2.05, 4.69) is 26.0 Å². The van der Waals surface area contributed by atoms with E-state index >= 15 is 0 Å². The molecule has 0 spiro atoms. The molecule has 78 valence electrons. The van der Waals surface area contributed by atoms with E-state index in [0.29, 0.717) is 11.8 Å². The summed E-state index contributed by atoms with van der Waals surface area (Å²) in [5.41, 5.74) is 1.40. The molecule has 0 N–H and O–H groups in total. The highest BCUT2D eigenvalue weighted by Gasteiger charge is 2.23. The van der Waals surface area contributed by atoms with Gasteiger partial charge in [-0.3, -0.25) is 0 Å². The fourth-order valence-electron chi connectivity index (χ4n) is 2.31. The molecule has 14 heavy (non-hydrogen) atoms. The van der Waals surface area contributed by atoms with Crippen molar-refractivity contribution in [2.24, 2.45) is 11.8 Å². The van der Waals surface area contributed by atoms with E-state index in [-0.39, 0.29) is 0 Å². The summed E-state index contributed by atoms with van der Waals surface area (Å²) in [6, 6.07) is 2.47. The molecule has 0 bridgehead atoms. The summed E-state index contributed by atoms with van der Waals surface area (Å²) in [6.45, 7) is 4.28. The van der Waals surface area contributed by atoms with Gasteiger partial charge in [0.05, 0.1) is 6.07 Å². The van der Waals surface area contributed by atoms with Crippen molar-refractivity contribution in [1.29, 1.82) is 5.26 Å². The molecular weight excluding hydrogens is 170 g/mol. The standard InChI is InChI=1S/C13H21N/c1-11(2)6-5-9-12-7-3-4-8-13(12)10-14/h6,12-13H,3-5,7-9H2,1-2H3. The monoisotopic (exact) mass is 191 g/mol. The van der Waals surface area contributed by atoms with Gasteiger partial charge < -0.3 is 0 Å². The number of allylic oxidation sites excluding steroid dienone is 2. The maximum Gasteiger partial charge on any atom is 0.0658 e. The van der Waals surface area contributed by atoms with Gasteiger partial charge in [-0.1, -0.05) is 24.5 Å². The third kappa shape index (κ3) is 3.54. The lowest BCUT2D eigenvalue weighted by Crippen LogP contribution is -2.17. The predicted octanol–water partition coefficient (Wildman–Crippen LogP) is 4.06. The summed E-state index contributed by atoms with van der Waals surface area (Å²) in [5, 5.41) is 9.00. The van der Waals surface area contributed by atoms with Crippen LogP contribution in [0.5, 0.6) is 0 Å². The van der Waals surface area contributed by atoms with Crippen molar-refractivity contribution in [1.82, 2.24) is 0 Å². The molecule has 0 radical (unpaired) electrons. The average molecular weight is 191 g/mol. The van der Waals surface area contributed by atoms with Gasteiger partial charge in [0.2, 0.25) is 0 Å². The van der Waals surface area contributed by atoms with Gasteiger partial charge in [0.15, 0.2) is 0 Å². The first kappa shape index (κ1) is 11.3. The molecule has 1 rings (SSSR count). The minimum absolute atomic E-state index is 0.342. The highest BCUT2D eigenvalue weighted by Crippen LogP contribution is 2.32. The minimum Gasteiger partial charge on any atom is -0.198 e. The zero-order chi connectivity index (χ0) is 10.4. The van der Waals surface area contributed by atoms with Gasteiger partial charge in [0.25, 0.3) is 0 Å². The van der Waals surface area contributed by atoms with Gasteiger partial charge in [0.1, 0.15) is 0 Å². The third-order valence-electron chi connectivity index (χ3n) is 3.16. The lowest BCUT2D eigenvalue weighted by atomic mass is 9.78. The summed E-state index contributed by atoms with van der Waals surface area (Å²) in [4.78, 5) is 0. The molecular formula is C13H21N. The molecule has 1 saturated carbocycles. The number of hydrogen-bond donors (Lipinski definition) is 0. The van der Waals surface area contributed by atoms with Crippen LogP contribution in [0.2, 0.25) is 0 Å². The van der Waals surface area contributed by atoms with Gasteiger partial charge in [0, 0.05) is 5.92 Å². The molecule has 0 aromatic heterocycles. The van der Waals surface area contributed by atoms with Gasteiger partial charge in [-0.25, -0.2) is 0 Å². The molecule has 1 aliphatic rings. The van der Waals surface area contributed by atoms with E-state index in [1.807, 2.05) is 0 Å². The van der Waals surface area contributed by atoms with E-state index in [1.165, 1.54) is 31.3 Å². The molecule has 0 heterocycles. The summed E-state index contributed by atoms with van der Waals surface area (Å²) >= 11 is 0. The minimum atomic E-state index is 0.342. The van der Waals surface area contributed by atoms with Crippen LogP contribution in [0.15, 0.2) is 11.6 Å². The first-order valence-corrected chi connectivity index (χ1v) is 5.77. The smallest absolute Gasteiger partial charge is 0.0658 e. The Balaban J connectivity index is 2.34. The molecule has 2 unspecified atom stereocenters. The van der Waals surface area contributed by atoms with Crippen molar-refractivity contribution in [3.05, 3.63) is 11.6 Å². The molecule has 1 nitrogen and oxygen atoms in total. The summed E-state index contributed by atoms with van der Waals surface area (Å²) in [7, 11) is 0. The Hall–Kier alpha value is -0.770. The maximum atomic E-state index is 9.00. The molecule has 2 atom stereocenters. The predicted molar refractivity (Wildman–Crippen MR) is 59.7 cm³/mol. The zero-order valence-corrected chi connectivity index (χ0v) is 9.42. The van der Waals surface area contributed by atoms with Crippen molar-refractivity contribution < 1.29 is 0 Å². The first-order valence-electron chi connectivity index (χ1n) is 5.77. The van der Waals surface area contributed by atoms with Crippen LogP contribution in [0.25, 0.3) is 0 Å². The first-order chi connectivity index (χ1) is 6.74. The van der Waals surface area contributed by atoms with Crippen molar-refractivity contribution in [3.8, 4) is 6.07 Å². The Bertz CT molecular complexity index is 230. The average Bonchev–Trinajstić information content (AvgIpc) is 2.18. The van der Waals surface area contributed by atoms with Crippen molar-refractivity contribution in [3.63, 3.8) is 0 Å². The largest absolute Gasteiger partial charge is 0.198 e. The Morgan fingerprint density at radius 1 is 1.36 bits per heavy atom. The number of hydrogen-bond acceptors (Lipinski definition) is 1. The second-order valence-electron chi connectivity index (χ2n) is 4.64. The maximum absolute atomic E-state index is 9.00. The van der Waals surface area contributed by atoms with Gasteiger partial charge in [-0.15, -0.1) is 0 Å². The Labute approximate surface area is 87.8 Å². The number of rotatable bonds is 3. The van der Waals surface area contributed by atoms with Gasteiger partial charge >= 0.3 is 0 Å². The summed E-state index contributed by atoms with van der Waals surface area (Å²) < 4.78 is 0. The van der Waals surface area contributed by atoms with E-state index in [4.69, 9.17) is 5.26 Å². The third-order valence-corrected chi connectivity index (χ3v) is 3.16. The molecule has 0 aromatic rings. The summed E-state index contributed by atoms with van der Waals surface area (Å²) in [5.74, 6) is 1.01. The molecule has 0 saturated heterocycles. The lowest BCUT2D eigenvalue weighted by molar-refractivity contribution is 0.276. The highest BCUT2D eigenvalue weighted by molar-refractivity contribution is 4.95. The quantitative estimate of drug-likeness (QED) is 0.617. The van der Waals surface area contributed by atoms with Gasteiger partial charge in [-0.05, 0) is 45.4 Å². The Morgan fingerprint density at radius 3 is 2.71 bits per heavy atom. The van der Waals surface area contributed by atoms with Gasteiger partial charge in [-0.2, -0.15) is 5.26 Å². The Morgan fingerprint density at radius 2 is 2.07 bits per heavy atom. The molecule has 1 fully saturated rings. The van der Waals surface area contributed by atoms with Crippen molar-refractivity contribution >= 4 is 0 Å². The fourth-order valence-corrected chi connectivity index (χ4v) is 2.31. The molecule has 1 heteroatoms. The second kappa shape index (κ2) is 5.86. The zero-order valence-electron chi connectivity index (χ0n) is 9.42. The molecule has 1 aliphatic carbocycles. The lowest BCUT2D eigenvalue weighted by Gasteiger charge is -2.26.